The number of nitro groups is 1. The number of aromatic nitrogens is 3. The average Bonchev–Trinajstić information content (AvgIpc) is 3.23. The molecule has 1 atom stereocenters. The van der Waals surface area contributed by atoms with Crippen molar-refractivity contribution < 1.29 is 9.66 Å². The van der Waals surface area contributed by atoms with Crippen LogP contribution in [0.1, 0.15) is 33.3 Å². The Kier molecular flexibility index (Phi) is 8.03. The lowest BCUT2D eigenvalue weighted by Crippen LogP contribution is -2.13. The van der Waals surface area contributed by atoms with Gasteiger partial charge in [0.15, 0.2) is 5.16 Å². The zero-order chi connectivity index (χ0) is 25.7. The maximum atomic E-state index is 11.7. The van der Waals surface area contributed by atoms with Gasteiger partial charge in [-0.2, -0.15) is 5.26 Å². The minimum atomic E-state index is -0.605. The first-order chi connectivity index (χ1) is 17.4. The smallest absolute Gasteiger partial charge is 0.220 e. The summed E-state index contributed by atoms with van der Waals surface area (Å²) in [6.07, 6.45) is 0. The molecular weight excluding hydrogens is 542 g/mol. The molecule has 4 aromatic rings. The van der Waals surface area contributed by atoms with Crippen LogP contribution in [0, 0.1) is 35.3 Å². The van der Waals surface area contributed by atoms with E-state index in [1.807, 2.05) is 66.9 Å². The molecule has 182 valence electrons. The quantitative estimate of drug-likeness (QED) is 0.135. The van der Waals surface area contributed by atoms with Crippen LogP contribution in [0.25, 0.3) is 5.69 Å². The summed E-state index contributed by atoms with van der Waals surface area (Å²) >= 11 is 4.75. The number of nitrogens with zero attached hydrogens (tertiary/aromatic N) is 5. The number of ether oxygens (including phenoxy) is 1. The Morgan fingerprint density at radius 3 is 2.61 bits per heavy atom. The fourth-order valence-corrected chi connectivity index (χ4v) is 5.26. The van der Waals surface area contributed by atoms with E-state index in [2.05, 4.69) is 32.2 Å². The summed E-state index contributed by atoms with van der Waals surface area (Å²) in [5, 5.41) is 29.6. The molecule has 0 bridgehead atoms. The molecule has 0 amide bonds. The van der Waals surface area contributed by atoms with Crippen LogP contribution in [0.4, 0.5) is 0 Å². The second kappa shape index (κ2) is 11.4. The van der Waals surface area contributed by atoms with Crippen LogP contribution in [0.2, 0.25) is 0 Å². The minimum absolute atomic E-state index is 0.160. The number of hydrogen-bond acceptors (Lipinski definition) is 7. The monoisotopic (exact) mass is 563 g/mol. The summed E-state index contributed by atoms with van der Waals surface area (Å²) in [6, 6.07) is 22.7. The first kappa shape index (κ1) is 25.4. The highest BCUT2D eigenvalue weighted by Gasteiger charge is 2.27. The molecule has 0 aliphatic carbocycles. The molecular formula is C26H22BrN5O3S. The van der Waals surface area contributed by atoms with Gasteiger partial charge in [-0.3, -0.25) is 14.7 Å². The van der Waals surface area contributed by atoms with E-state index in [9.17, 15) is 15.4 Å². The number of nitriles is 1. The fourth-order valence-electron chi connectivity index (χ4n) is 3.69. The van der Waals surface area contributed by atoms with Crippen molar-refractivity contribution in [1.82, 2.24) is 14.8 Å². The van der Waals surface area contributed by atoms with Crippen molar-refractivity contribution in [3.63, 3.8) is 0 Å². The maximum Gasteiger partial charge on any atom is 0.220 e. The van der Waals surface area contributed by atoms with Crippen molar-refractivity contribution in [2.24, 2.45) is 0 Å². The summed E-state index contributed by atoms with van der Waals surface area (Å²) in [6.45, 7) is 3.67. The molecule has 0 aliphatic rings. The molecule has 4 rings (SSSR count). The van der Waals surface area contributed by atoms with E-state index >= 15 is 0 Å². The molecule has 0 fully saturated rings. The van der Waals surface area contributed by atoms with Gasteiger partial charge in [-0.15, -0.1) is 10.2 Å². The lowest BCUT2D eigenvalue weighted by atomic mass is 10.1. The molecule has 10 heteroatoms. The molecule has 1 heterocycles. The molecule has 8 nitrogen and oxygen atoms in total. The number of rotatable bonds is 9. The van der Waals surface area contributed by atoms with Crippen molar-refractivity contribution in [3.05, 3.63) is 109 Å². The number of thioether (sulfide) groups is 1. The predicted octanol–water partition coefficient (Wildman–Crippen LogP) is 6.21. The van der Waals surface area contributed by atoms with Crippen LogP contribution in [0.3, 0.4) is 0 Å². The molecule has 0 radical (unpaired) electrons. The highest BCUT2D eigenvalue weighted by molar-refractivity contribution is 9.10. The molecule has 0 unspecified atom stereocenters. The van der Waals surface area contributed by atoms with Gasteiger partial charge >= 0.3 is 0 Å². The number of halogens is 1. The molecule has 0 saturated heterocycles. The van der Waals surface area contributed by atoms with Crippen molar-refractivity contribution >= 4 is 27.7 Å². The van der Waals surface area contributed by atoms with Gasteiger partial charge in [-0.25, -0.2) is 0 Å². The van der Waals surface area contributed by atoms with E-state index in [4.69, 9.17) is 4.74 Å². The molecule has 0 aliphatic heterocycles. The SMILES string of the molecule is Cc1ccc(-n2c(C)nnc2S[C@@H](C[N+](=O)[O-])c2cc(Br)ccc2OCc2ccccc2C#N)cc1. The highest BCUT2D eigenvalue weighted by Crippen LogP contribution is 2.41. The third kappa shape index (κ3) is 5.93. The van der Waals surface area contributed by atoms with Gasteiger partial charge in [-0.05, 0) is 50.2 Å². The van der Waals surface area contributed by atoms with Crippen LogP contribution in [0.15, 0.2) is 76.4 Å². The van der Waals surface area contributed by atoms with Gasteiger partial charge in [-0.1, -0.05) is 63.6 Å². The van der Waals surface area contributed by atoms with E-state index in [0.717, 1.165) is 21.3 Å². The standard InChI is InChI=1S/C26H22BrN5O3S/c1-17-7-10-22(11-8-17)32-18(2)29-30-26(32)36-25(15-31(33)34)23-13-21(27)9-12-24(23)35-16-20-6-4-3-5-19(20)14-28/h3-13,25H,15-16H2,1-2H3/t25-/m0/s1. The van der Waals surface area contributed by atoms with Crippen molar-refractivity contribution in [2.75, 3.05) is 6.54 Å². The van der Waals surface area contributed by atoms with Gasteiger partial charge in [0.1, 0.15) is 23.4 Å². The van der Waals surface area contributed by atoms with E-state index in [1.165, 1.54) is 11.8 Å². The second-order valence-corrected chi connectivity index (χ2v) is 10.1. The summed E-state index contributed by atoms with van der Waals surface area (Å²) in [7, 11) is 0. The Morgan fingerprint density at radius 2 is 1.89 bits per heavy atom. The van der Waals surface area contributed by atoms with Crippen molar-refractivity contribution in [2.45, 2.75) is 30.9 Å². The van der Waals surface area contributed by atoms with Crippen LogP contribution in [0.5, 0.6) is 5.75 Å². The predicted molar refractivity (Wildman–Crippen MR) is 141 cm³/mol. The number of benzene rings is 3. The van der Waals surface area contributed by atoms with Crippen LogP contribution >= 0.6 is 27.7 Å². The third-order valence-electron chi connectivity index (χ3n) is 5.49. The van der Waals surface area contributed by atoms with Gasteiger partial charge in [0, 0.05) is 26.2 Å². The normalized spacial score (nSPS) is 11.6. The first-order valence-electron chi connectivity index (χ1n) is 11.0. The van der Waals surface area contributed by atoms with Crippen LogP contribution in [-0.2, 0) is 6.61 Å². The summed E-state index contributed by atoms with van der Waals surface area (Å²) in [5.74, 6) is 1.18. The minimum Gasteiger partial charge on any atom is -0.489 e. The maximum absolute atomic E-state index is 11.7. The van der Waals surface area contributed by atoms with Gasteiger partial charge in [0.2, 0.25) is 6.54 Å². The second-order valence-electron chi connectivity index (χ2n) is 8.06. The Balaban J connectivity index is 1.69. The Labute approximate surface area is 221 Å². The van der Waals surface area contributed by atoms with Gasteiger partial charge in [0.05, 0.1) is 11.6 Å². The topological polar surface area (TPSA) is 107 Å². The van der Waals surface area contributed by atoms with Gasteiger partial charge in [0.25, 0.3) is 0 Å². The Bertz CT molecular complexity index is 1430. The van der Waals surface area contributed by atoms with E-state index < -0.39 is 5.25 Å². The lowest BCUT2D eigenvalue weighted by molar-refractivity contribution is -0.479. The lowest BCUT2D eigenvalue weighted by Gasteiger charge is -2.18. The molecule has 0 N–H and O–H groups in total. The molecule has 0 spiro atoms. The van der Waals surface area contributed by atoms with Crippen LogP contribution < -0.4 is 4.74 Å². The number of hydrogen-bond donors (Lipinski definition) is 0. The average molecular weight is 564 g/mol. The molecule has 1 aromatic heterocycles. The Morgan fingerprint density at radius 1 is 1.14 bits per heavy atom. The van der Waals surface area contributed by atoms with E-state index in [-0.39, 0.29) is 18.1 Å². The van der Waals surface area contributed by atoms with E-state index in [1.54, 1.807) is 18.2 Å². The summed E-state index contributed by atoms with van der Waals surface area (Å²) in [5.41, 5.74) is 3.91. The largest absolute Gasteiger partial charge is 0.489 e. The zero-order valence-electron chi connectivity index (χ0n) is 19.6. The van der Waals surface area contributed by atoms with Crippen LogP contribution in [-0.4, -0.2) is 26.2 Å². The molecule has 3 aromatic carbocycles. The first-order valence-corrected chi connectivity index (χ1v) is 12.7. The highest BCUT2D eigenvalue weighted by atomic mass is 79.9. The van der Waals surface area contributed by atoms with E-state index in [0.29, 0.717) is 27.9 Å². The summed E-state index contributed by atoms with van der Waals surface area (Å²) < 4.78 is 8.76. The molecule has 0 saturated carbocycles. The fraction of sp³-hybridized carbons (Fsp3) is 0.192. The zero-order valence-corrected chi connectivity index (χ0v) is 22.0. The number of aryl methyl sites for hydroxylation is 2. The molecule has 36 heavy (non-hydrogen) atoms. The van der Waals surface area contributed by atoms with Gasteiger partial charge < -0.3 is 4.74 Å². The van der Waals surface area contributed by atoms with Crippen molar-refractivity contribution in [3.8, 4) is 17.5 Å². The van der Waals surface area contributed by atoms with Crippen molar-refractivity contribution in [1.29, 1.82) is 5.26 Å². The Hall–Kier alpha value is -3.68. The summed E-state index contributed by atoms with van der Waals surface area (Å²) in [4.78, 5) is 11.4. The third-order valence-corrected chi connectivity index (χ3v) is 7.15.